The normalized spacial score (nSPS) is 11.4. The molecule has 32 heavy (non-hydrogen) atoms. The molecule has 2 N–H and O–H groups in total. The fourth-order valence-electron chi connectivity index (χ4n) is 4.12. The van der Waals surface area contributed by atoms with E-state index in [1.54, 1.807) is 11.3 Å². The summed E-state index contributed by atoms with van der Waals surface area (Å²) in [5, 5.41) is 11.1. The number of anilines is 1. The first-order valence-electron chi connectivity index (χ1n) is 10.5. The summed E-state index contributed by atoms with van der Waals surface area (Å²) in [6.45, 7) is 0. The first-order valence-corrected chi connectivity index (χ1v) is 11.3. The van der Waals surface area contributed by atoms with Crippen LogP contribution in [0.3, 0.4) is 0 Å². The molecule has 6 heteroatoms. The Balaban J connectivity index is 1.49. The predicted molar refractivity (Wildman–Crippen MR) is 134 cm³/mol. The maximum atomic E-state index is 4.99. The van der Waals surface area contributed by atoms with Gasteiger partial charge in [0.05, 0.1) is 16.9 Å². The smallest absolute Gasteiger partial charge is 0.135 e. The van der Waals surface area contributed by atoms with Crippen LogP contribution in [-0.4, -0.2) is 34.3 Å². The summed E-state index contributed by atoms with van der Waals surface area (Å²) in [4.78, 5) is 11.9. The van der Waals surface area contributed by atoms with Crippen molar-refractivity contribution in [2.24, 2.45) is 0 Å². The van der Waals surface area contributed by atoms with Gasteiger partial charge in [0.1, 0.15) is 11.2 Å². The van der Waals surface area contributed by atoms with Crippen LogP contribution in [0.4, 0.5) is 5.69 Å². The molecule has 0 unspecified atom stereocenters. The second-order valence-electron chi connectivity index (χ2n) is 8.04. The Morgan fingerprint density at radius 3 is 2.62 bits per heavy atom. The number of aromatic nitrogens is 4. The lowest BCUT2D eigenvalue weighted by Crippen LogP contribution is -2.08. The minimum Gasteiger partial charge on any atom is -0.378 e. The van der Waals surface area contributed by atoms with Gasteiger partial charge in [0.15, 0.2) is 0 Å². The van der Waals surface area contributed by atoms with E-state index >= 15 is 0 Å². The largest absolute Gasteiger partial charge is 0.378 e. The minimum atomic E-state index is 0.832. The summed E-state index contributed by atoms with van der Waals surface area (Å²) in [5.41, 5.74) is 9.06. The van der Waals surface area contributed by atoms with E-state index in [0.29, 0.717) is 0 Å². The number of hydrogen-bond acceptors (Lipinski definition) is 4. The molecule has 0 spiro atoms. The molecule has 0 saturated heterocycles. The third-order valence-electron chi connectivity index (χ3n) is 5.77. The zero-order valence-electron chi connectivity index (χ0n) is 17.8. The molecule has 0 aliphatic heterocycles. The highest BCUT2D eigenvalue weighted by atomic mass is 32.1. The van der Waals surface area contributed by atoms with Crippen molar-refractivity contribution in [1.29, 1.82) is 0 Å². The van der Waals surface area contributed by atoms with Crippen molar-refractivity contribution in [3.63, 3.8) is 0 Å². The van der Waals surface area contributed by atoms with Crippen LogP contribution in [0.1, 0.15) is 0 Å². The van der Waals surface area contributed by atoms with E-state index in [-0.39, 0.29) is 0 Å². The number of hydrogen-bond donors (Lipinski definition) is 2. The first-order chi connectivity index (χ1) is 15.7. The monoisotopic (exact) mass is 435 g/mol. The average molecular weight is 436 g/mol. The zero-order chi connectivity index (χ0) is 21.7. The number of benzene rings is 2. The lowest BCUT2D eigenvalue weighted by Gasteiger charge is -2.13. The van der Waals surface area contributed by atoms with Gasteiger partial charge in [-0.15, -0.1) is 11.3 Å². The highest BCUT2D eigenvalue weighted by molar-refractivity contribution is 7.13. The van der Waals surface area contributed by atoms with Crippen LogP contribution in [0.15, 0.2) is 78.2 Å². The van der Waals surface area contributed by atoms with E-state index in [1.165, 1.54) is 15.8 Å². The Kier molecular flexibility index (Phi) is 4.33. The molecule has 0 amide bonds. The van der Waals surface area contributed by atoms with Gasteiger partial charge in [-0.1, -0.05) is 30.3 Å². The Labute approximate surface area is 189 Å². The van der Waals surface area contributed by atoms with Crippen molar-refractivity contribution >= 4 is 39.0 Å². The van der Waals surface area contributed by atoms with E-state index in [0.717, 1.165) is 44.9 Å². The molecule has 0 radical (unpaired) electrons. The molecule has 6 rings (SSSR count). The highest BCUT2D eigenvalue weighted by Crippen LogP contribution is 2.35. The molecular weight excluding hydrogens is 414 g/mol. The standard InChI is InChI=1S/C26H21N5S/c1-31(2)17-7-3-6-16(14-17)20-11-12-22-25(28-20)26(30-29-22)23-15-19-18(24-10-5-13-32-24)8-4-9-21(19)27-23/h3-15,27H,1-2H3,(H,29,30). The van der Waals surface area contributed by atoms with Gasteiger partial charge in [-0.3, -0.25) is 5.10 Å². The van der Waals surface area contributed by atoms with Crippen LogP contribution >= 0.6 is 11.3 Å². The molecule has 0 atom stereocenters. The van der Waals surface area contributed by atoms with Gasteiger partial charge in [0.25, 0.3) is 0 Å². The summed E-state index contributed by atoms with van der Waals surface area (Å²) in [6.07, 6.45) is 0. The van der Waals surface area contributed by atoms with Gasteiger partial charge in [-0.2, -0.15) is 5.10 Å². The summed E-state index contributed by atoms with van der Waals surface area (Å²) in [5.74, 6) is 0. The van der Waals surface area contributed by atoms with Crippen LogP contribution in [0.2, 0.25) is 0 Å². The third-order valence-corrected chi connectivity index (χ3v) is 6.68. The Bertz CT molecular complexity index is 1560. The lowest BCUT2D eigenvalue weighted by molar-refractivity contribution is 1.12. The second-order valence-corrected chi connectivity index (χ2v) is 8.98. The van der Waals surface area contributed by atoms with E-state index in [2.05, 4.69) is 92.2 Å². The fraction of sp³-hybridized carbons (Fsp3) is 0.0769. The van der Waals surface area contributed by atoms with Crippen molar-refractivity contribution in [3.05, 3.63) is 78.2 Å². The zero-order valence-corrected chi connectivity index (χ0v) is 18.6. The van der Waals surface area contributed by atoms with Gasteiger partial charge in [-0.25, -0.2) is 4.98 Å². The Hall–Kier alpha value is -3.90. The van der Waals surface area contributed by atoms with Gasteiger partial charge >= 0.3 is 0 Å². The molecule has 2 aromatic carbocycles. The third kappa shape index (κ3) is 3.08. The van der Waals surface area contributed by atoms with E-state index in [9.17, 15) is 0 Å². The van der Waals surface area contributed by atoms with Crippen LogP contribution in [-0.2, 0) is 0 Å². The maximum absolute atomic E-state index is 4.99. The SMILES string of the molecule is CN(C)c1cccc(-c2ccc3[nH]nc(-c4cc5c(-c6cccs6)cccc5[nH]4)c3n2)c1. The number of pyridine rings is 1. The number of nitrogens with zero attached hydrogens (tertiary/aromatic N) is 3. The first kappa shape index (κ1) is 18.8. The van der Waals surface area contributed by atoms with Gasteiger partial charge in [-0.05, 0) is 47.8 Å². The van der Waals surface area contributed by atoms with Crippen molar-refractivity contribution in [1.82, 2.24) is 20.2 Å². The number of thiophene rings is 1. The molecule has 0 bridgehead atoms. The van der Waals surface area contributed by atoms with Gasteiger partial charge in [0.2, 0.25) is 0 Å². The molecule has 0 aliphatic carbocycles. The van der Waals surface area contributed by atoms with E-state index in [1.807, 2.05) is 20.2 Å². The molecular formula is C26H21N5S. The summed E-state index contributed by atoms with van der Waals surface area (Å²) < 4.78 is 0. The predicted octanol–water partition coefficient (Wildman–Crippen LogP) is 6.57. The number of fused-ring (bicyclic) bond motifs is 2. The van der Waals surface area contributed by atoms with E-state index in [4.69, 9.17) is 4.98 Å². The highest BCUT2D eigenvalue weighted by Gasteiger charge is 2.15. The maximum Gasteiger partial charge on any atom is 0.135 e. The molecule has 0 saturated carbocycles. The van der Waals surface area contributed by atoms with Crippen LogP contribution in [0, 0.1) is 0 Å². The van der Waals surface area contributed by atoms with E-state index < -0.39 is 0 Å². The van der Waals surface area contributed by atoms with Crippen LogP contribution in [0.5, 0.6) is 0 Å². The summed E-state index contributed by atoms with van der Waals surface area (Å²) in [6, 6.07) is 25.3. The lowest BCUT2D eigenvalue weighted by atomic mass is 10.1. The van der Waals surface area contributed by atoms with Crippen LogP contribution < -0.4 is 4.90 Å². The van der Waals surface area contributed by atoms with Gasteiger partial charge in [0, 0.05) is 46.7 Å². The van der Waals surface area contributed by atoms with Crippen molar-refractivity contribution in [2.75, 3.05) is 19.0 Å². The Morgan fingerprint density at radius 2 is 1.78 bits per heavy atom. The molecule has 0 fully saturated rings. The summed E-state index contributed by atoms with van der Waals surface area (Å²) in [7, 11) is 4.09. The van der Waals surface area contributed by atoms with Crippen molar-refractivity contribution in [2.45, 2.75) is 0 Å². The number of aromatic amines is 2. The molecule has 156 valence electrons. The fourth-order valence-corrected chi connectivity index (χ4v) is 4.89. The second kappa shape index (κ2) is 7.35. The minimum absolute atomic E-state index is 0.832. The number of rotatable bonds is 4. The van der Waals surface area contributed by atoms with Crippen LogP contribution in [0.25, 0.3) is 55.0 Å². The Morgan fingerprint density at radius 1 is 0.875 bits per heavy atom. The molecule has 6 aromatic rings. The van der Waals surface area contributed by atoms with Crippen molar-refractivity contribution in [3.8, 4) is 33.1 Å². The number of nitrogens with one attached hydrogen (secondary N) is 2. The molecule has 5 nitrogen and oxygen atoms in total. The number of H-pyrrole nitrogens is 2. The topological polar surface area (TPSA) is 60.6 Å². The molecule has 4 aromatic heterocycles. The average Bonchev–Trinajstić information content (AvgIpc) is 3.57. The van der Waals surface area contributed by atoms with Gasteiger partial charge < -0.3 is 9.88 Å². The summed E-state index contributed by atoms with van der Waals surface area (Å²) >= 11 is 1.75. The quantitative estimate of drug-likeness (QED) is 0.329. The van der Waals surface area contributed by atoms with Crippen molar-refractivity contribution < 1.29 is 0 Å². The molecule has 4 heterocycles. The molecule has 0 aliphatic rings.